The summed E-state index contributed by atoms with van der Waals surface area (Å²) in [7, 11) is 0. The van der Waals surface area contributed by atoms with Crippen LogP contribution >= 0.6 is 0 Å². The van der Waals surface area contributed by atoms with E-state index in [0.29, 0.717) is 0 Å². The average Bonchev–Trinajstić information content (AvgIpc) is 2.15. The molecule has 0 amide bonds. The third-order valence-corrected chi connectivity index (χ3v) is 1.56. The Bertz CT molecular complexity index is 281. The van der Waals surface area contributed by atoms with E-state index >= 15 is 0 Å². The zero-order valence-corrected chi connectivity index (χ0v) is 7.07. The molecular weight excluding hydrogens is 148 g/mol. The summed E-state index contributed by atoms with van der Waals surface area (Å²) < 4.78 is 0. The Morgan fingerprint density at radius 3 is 2.58 bits per heavy atom. The average molecular weight is 160 g/mol. The molecular formula is C11H12O. The summed E-state index contributed by atoms with van der Waals surface area (Å²) in [5.74, 6) is 0. The topological polar surface area (TPSA) is 20.2 Å². The number of benzene rings is 1. The lowest BCUT2D eigenvalue weighted by Crippen LogP contribution is -1.90. The second-order valence-electron chi connectivity index (χ2n) is 2.48. The van der Waals surface area contributed by atoms with Crippen LogP contribution in [0.15, 0.2) is 48.2 Å². The molecule has 0 heterocycles. The lowest BCUT2D eigenvalue weighted by atomic mass is 10.1. The maximum Gasteiger partial charge on any atom is 0.104 e. The van der Waals surface area contributed by atoms with Gasteiger partial charge in [-0.05, 0) is 24.6 Å². The van der Waals surface area contributed by atoms with Crippen LogP contribution in [0.25, 0.3) is 0 Å². The van der Waals surface area contributed by atoms with Crippen molar-refractivity contribution in [3.63, 3.8) is 0 Å². The van der Waals surface area contributed by atoms with E-state index in [2.05, 4.69) is 5.73 Å². The zero-order chi connectivity index (χ0) is 8.81. The first-order chi connectivity index (χ1) is 5.84. The molecule has 1 atom stereocenters. The standard InChI is InChI=1S/C11H12O/c1-2-3-9-11(12)10-7-5-4-6-8-10/h2,4-9,11-12H,1H3. The summed E-state index contributed by atoms with van der Waals surface area (Å²) in [5.41, 5.74) is 3.74. The molecule has 0 fully saturated rings. The van der Waals surface area contributed by atoms with Crippen molar-refractivity contribution in [2.75, 3.05) is 0 Å². The van der Waals surface area contributed by atoms with Crippen LogP contribution in [0.2, 0.25) is 0 Å². The third-order valence-electron chi connectivity index (χ3n) is 1.56. The summed E-state index contributed by atoms with van der Waals surface area (Å²) in [6.45, 7) is 1.87. The van der Waals surface area contributed by atoms with Crippen LogP contribution in [0, 0.1) is 0 Å². The Labute approximate surface area is 72.7 Å². The summed E-state index contributed by atoms with van der Waals surface area (Å²) in [6, 6.07) is 9.51. The van der Waals surface area contributed by atoms with E-state index in [9.17, 15) is 5.11 Å². The highest BCUT2D eigenvalue weighted by Gasteiger charge is 1.99. The normalized spacial score (nSPS) is 11.5. The molecule has 1 aromatic carbocycles. The Balaban J connectivity index is 2.79. The molecule has 0 aliphatic rings. The van der Waals surface area contributed by atoms with Crippen molar-refractivity contribution in [2.24, 2.45) is 0 Å². The van der Waals surface area contributed by atoms with Crippen LogP contribution in [-0.2, 0) is 0 Å². The summed E-state index contributed by atoms with van der Waals surface area (Å²) in [4.78, 5) is 0. The molecule has 0 aliphatic heterocycles. The van der Waals surface area contributed by atoms with Crippen molar-refractivity contribution in [1.82, 2.24) is 0 Å². The fraction of sp³-hybridized carbons (Fsp3) is 0.182. The van der Waals surface area contributed by atoms with Gasteiger partial charge in [0, 0.05) is 0 Å². The van der Waals surface area contributed by atoms with E-state index in [1.54, 1.807) is 12.2 Å². The van der Waals surface area contributed by atoms with Crippen LogP contribution in [0.3, 0.4) is 0 Å². The van der Waals surface area contributed by atoms with E-state index in [0.717, 1.165) is 5.56 Å². The fourth-order valence-corrected chi connectivity index (χ4v) is 0.934. The summed E-state index contributed by atoms with van der Waals surface area (Å²) >= 11 is 0. The first-order valence-corrected chi connectivity index (χ1v) is 3.95. The van der Waals surface area contributed by atoms with Gasteiger partial charge in [0.1, 0.15) is 6.10 Å². The molecule has 1 aromatic rings. The van der Waals surface area contributed by atoms with Gasteiger partial charge in [-0.25, -0.2) is 0 Å². The lowest BCUT2D eigenvalue weighted by molar-refractivity contribution is 0.229. The van der Waals surface area contributed by atoms with Crippen molar-refractivity contribution in [3.8, 4) is 0 Å². The second-order valence-corrected chi connectivity index (χ2v) is 2.48. The molecule has 62 valence electrons. The highest BCUT2D eigenvalue weighted by atomic mass is 16.3. The van der Waals surface area contributed by atoms with Crippen LogP contribution in [0.1, 0.15) is 18.6 Å². The highest BCUT2D eigenvalue weighted by molar-refractivity contribution is 5.20. The van der Waals surface area contributed by atoms with E-state index in [-0.39, 0.29) is 0 Å². The molecule has 0 saturated heterocycles. The number of hydrogen-bond acceptors (Lipinski definition) is 1. The molecule has 0 aliphatic carbocycles. The van der Waals surface area contributed by atoms with E-state index < -0.39 is 6.10 Å². The molecule has 1 N–H and O–H groups in total. The Morgan fingerprint density at radius 2 is 2.00 bits per heavy atom. The Hall–Kier alpha value is -1.30. The molecule has 0 aromatic heterocycles. The van der Waals surface area contributed by atoms with E-state index in [1.165, 1.54) is 0 Å². The van der Waals surface area contributed by atoms with Gasteiger partial charge in [-0.1, -0.05) is 30.3 Å². The molecule has 1 heteroatoms. The van der Waals surface area contributed by atoms with Crippen molar-refractivity contribution in [2.45, 2.75) is 13.0 Å². The molecule has 0 radical (unpaired) electrons. The smallest absolute Gasteiger partial charge is 0.104 e. The third kappa shape index (κ3) is 2.39. The predicted octanol–water partition coefficient (Wildman–Crippen LogP) is 2.45. The van der Waals surface area contributed by atoms with E-state index in [4.69, 9.17) is 0 Å². The fourth-order valence-electron chi connectivity index (χ4n) is 0.934. The highest BCUT2D eigenvalue weighted by Crippen LogP contribution is 2.11. The van der Waals surface area contributed by atoms with Crippen LogP contribution in [0.5, 0.6) is 0 Å². The molecule has 1 nitrogen and oxygen atoms in total. The molecule has 1 rings (SSSR count). The lowest BCUT2D eigenvalue weighted by Gasteiger charge is -2.02. The first-order valence-electron chi connectivity index (χ1n) is 3.95. The van der Waals surface area contributed by atoms with Gasteiger partial charge in [-0.3, -0.25) is 0 Å². The quantitative estimate of drug-likeness (QED) is 0.659. The molecule has 0 saturated carbocycles. The molecule has 0 spiro atoms. The maximum atomic E-state index is 9.51. The minimum absolute atomic E-state index is 0.539. The van der Waals surface area contributed by atoms with Gasteiger partial charge >= 0.3 is 0 Å². The van der Waals surface area contributed by atoms with Gasteiger partial charge in [0.15, 0.2) is 0 Å². The number of hydrogen-bond donors (Lipinski definition) is 1. The molecule has 12 heavy (non-hydrogen) atoms. The number of aliphatic hydroxyl groups excluding tert-OH is 1. The predicted molar refractivity (Wildman–Crippen MR) is 49.7 cm³/mol. The minimum atomic E-state index is -0.539. The minimum Gasteiger partial charge on any atom is -0.384 e. The maximum absolute atomic E-state index is 9.51. The Morgan fingerprint density at radius 1 is 1.33 bits per heavy atom. The van der Waals surface area contributed by atoms with Crippen LogP contribution < -0.4 is 0 Å². The van der Waals surface area contributed by atoms with Gasteiger partial charge in [0.2, 0.25) is 0 Å². The van der Waals surface area contributed by atoms with Crippen molar-refractivity contribution >= 4 is 0 Å². The summed E-state index contributed by atoms with van der Waals surface area (Å²) in [6.07, 6.45) is 2.86. The first kappa shape index (κ1) is 8.79. The van der Waals surface area contributed by atoms with Gasteiger partial charge in [0.25, 0.3) is 0 Å². The van der Waals surface area contributed by atoms with Gasteiger partial charge in [-0.15, -0.1) is 5.73 Å². The zero-order valence-electron chi connectivity index (χ0n) is 7.07. The van der Waals surface area contributed by atoms with Gasteiger partial charge in [0.05, 0.1) is 0 Å². The van der Waals surface area contributed by atoms with Crippen molar-refractivity contribution < 1.29 is 5.11 Å². The molecule has 1 unspecified atom stereocenters. The largest absolute Gasteiger partial charge is 0.384 e. The SMILES string of the molecule is CC=C=CC(O)c1ccccc1. The Kier molecular flexibility index (Phi) is 3.34. The van der Waals surface area contributed by atoms with Crippen LogP contribution in [-0.4, -0.2) is 5.11 Å². The summed E-state index contributed by atoms with van der Waals surface area (Å²) in [5, 5.41) is 9.51. The van der Waals surface area contributed by atoms with Gasteiger partial charge in [-0.2, -0.15) is 0 Å². The molecule has 0 bridgehead atoms. The second kappa shape index (κ2) is 4.55. The number of rotatable bonds is 2. The van der Waals surface area contributed by atoms with E-state index in [1.807, 2.05) is 37.3 Å². The van der Waals surface area contributed by atoms with Gasteiger partial charge < -0.3 is 5.11 Å². The van der Waals surface area contributed by atoms with Crippen molar-refractivity contribution in [3.05, 3.63) is 53.8 Å². The van der Waals surface area contributed by atoms with Crippen molar-refractivity contribution in [1.29, 1.82) is 0 Å². The monoisotopic (exact) mass is 160 g/mol. The van der Waals surface area contributed by atoms with Crippen LogP contribution in [0.4, 0.5) is 0 Å². The number of aliphatic hydroxyl groups is 1.